The van der Waals surface area contributed by atoms with Crippen LogP contribution in [0.15, 0.2) is 60.2 Å². The minimum Gasteiger partial charge on any atom is -0.507 e. The first-order valence-corrected chi connectivity index (χ1v) is 9.79. The number of likely N-dealkylation sites (N-methyl/N-ethyl adjacent to an activating group) is 1. The average Bonchev–Trinajstić information content (AvgIpc) is 3.00. The molecule has 5 nitrogen and oxygen atoms in total. The number of carbonyl (C=O) groups is 2. The zero-order valence-electron chi connectivity index (χ0n) is 16.6. The van der Waals surface area contributed by atoms with Crippen molar-refractivity contribution in [2.24, 2.45) is 0 Å². The Morgan fingerprint density at radius 1 is 1.03 bits per heavy atom. The standard InChI is InChI=1S/C23H25FN2O3/c1-3-25(4-2)14-15-26-20(16-10-12-18(24)13-11-16)19(22(28)23(26)29)21(27)17-8-6-5-7-9-17/h5-13,20,27H,3-4,14-15H2,1-2H3/t20-/m0/s1. The van der Waals surface area contributed by atoms with Gasteiger partial charge in [0, 0.05) is 18.7 Å². The third-order valence-corrected chi connectivity index (χ3v) is 5.32. The summed E-state index contributed by atoms with van der Waals surface area (Å²) >= 11 is 0. The fourth-order valence-corrected chi connectivity index (χ4v) is 3.64. The highest BCUT2D eigenvalue weighted by atomic mass is 19.1. The van der Waals surface area contributed by atoms with Gasteiger partial charge >= 0.3 is 0 Å². The van der Waals surface area contributed by atoms with Crippen molar-refractivity contribution in [3.8, 4) is 0 Å². The van der Waals surface area contributed by atoms with Crippen LogP contribution in [0.3, 0.4) is 0 Å². The first-order valence-electron chi connectivity index (χ1n) is 9.79. The Morgan fingerprint density at radius 3 is 2.24 bits per heavy atom. The Kier molecular flexibility index (Phi) is 6.44. The molecule has 29 heavy (non-hydrogen) atoms. The molecule has 1 fully saturated rings. The van der Waals surface area contributed by atoms with Crippen LogP contribution in [0.4, 0.5) is 4.39 Å². The van der Waals surface area contributed by atoms with Crippen molar-refractivity contribution in [3.63, 3.8) is 0 Å². The van der Waals surface area contributed by atoms with Crippen molar-refractivity contribution >= 4 is 17.4 Å². The Labute approximate surface area is 170 Å². The third kappa shape index (κ3) is 4.22. The van der Waals surface area contributed by atoms with Gasteiger partial charge in [-0.3, -0.25) is 9.59 Å². The number of aliphatic hydroxyl groups is 1. The lowest BCUT2D eigenvalue weighted by atomic mass is 9.95. The van der Waals surface area contributed by atoms with Crippen molar-refractivity contribution in [2.75, 3.05) is 26.2 Å². The van der Waals surface area contributed by atoms with Crippen LogP contribution in [0.5, 0.6) is 0 Å². The van der Waals surface area contributed by atoms with E-state index in [0.717, 1.165) is 13.1 Å². The first-order chi connectivity index (χ1) is 14.0. The van der Waals surface area contributed by atoms with Gasteiger partial charge in [-0.1, -0.05) is 56.3 Å². The highest BCUT2D eigenvalue weighted by molar-refractivity contribution is 6.46. The molecule has 0 aromatic heterocycles. The monoisotopic (exact) mass is 396 g/mol. The van der Waals surface area contributed by atoms with E-state index in [1.54, 1.807) is 42.5 Å². The molecule has 152 valence electrons. The van der Waals surface area contributed by atoms with Crippen molar-refractivity contribution in [3.05, 3.63) is 77.1 Å². The van der Waals surface area contributed by atoms with Crippen molar-refractivity contribution in [1.82, 2.24) is 9.80 Å². The minimum atomic E-state index is -0.758. The van der Waals surface area contributed by atoms with E-state index >= 15 is 0 Å². The van der Waals surface area contributed by atoms with Gasteiger partial charge in [-0.05, 0) is 30.8 Å². The van der Waals surface area contributed by atoms with E-state index in [9.17, 15) is 19.1 Å². The third-order valence-electron chi connectivity index (χ3n) is 5.32. The van der Waals surface area contributed by atoms with Crippen LogP contribution >= 0.6 is 0 Å². The van der Waals surface area contributed by atoms with Crippen LogP contribution in [-0.4, -0.2) is 52.8 Å². The number of amides is 1. The lowest BCUT2D eigenvalue weighted by Crippen LogP contribution is -2.38. The summed E-state index contributed by atoms with van der Waals surface area (Å²) in [6, 6.07) is 13.6. The summed E-state index contributed by atoms with van der Waals surface area (Å²) in [4.78, 5) is 29.3. The predicted octanol–water partition coefficient (Wildman–Crippen LogP) is 3.59. The zero-order chi connectivity index (χ0) is 21.0. The van der Waals surface area contributed by atoms with E-state index < -0.39 is 23.5 Å². The lowest BCUT2D eigenvalue weighted by Gasteiger charge is -2.28. The summed E-state index contributed by atoms with van der Waals surface area (Å²) in [6.07, 6.45) is 0. The Bertz CT molecular complexity index is 905. The highest BCUT2D eigenvalue weighted by Gasteiger charge is 2.45. The predicted molar refractivity (Wildman–Crippen MR) is 110 cm³/mol. The molecule has 6 heteroatoms. The average molecular weight is 396 g/mol. The number of ketones is 1. The molecule has 0 saturated carbocycles. The van der Waals surface area contributed by atoms with Gasteiger partial charge in [0.25, 0.3) is 11.7 Å². The molecule has 3 rings (SSSR count). The van der Waals surface area contributed by atoms with Gasteiger partial charge in [-0.2, -0.15) is 0 Å². The summed E-state index contributed by atoms with van der Waals surface area (Å²) in [5, 5.41) is 10.9. The largest absolute Gasteiger partial charge is 0.507 e. The molecule has 0 spiro atoms. The summed E-state index contributed by atoms with van der Waals surface area (Å²) in [5.74, 6) is -2.00. The molecular weight excluding hydrogens is 371 g/mol. The number of rotatable bonds is 7. The lowest BCUT2D eigenvalue weighted by molar-refractivity contribution is -0.140. The molecule has 1 heterocycles. The molecule has 1 amide bonds. The Hall–Kier alpha value is -2.99. The molecule has 1 atom stereocenters. The molecule has 1 aliphatic rings. The summed E-state index contributed by atoms with van der Waals surface area (Å²) in [7, 11) is 0. The van der Waals surface area contributed by atoms with Crippen molar-refractivity contribution < 1.29 is 19.1 Å². The van der Waals surface area contributed by atoms with E-state index in [1.165, 1.54) is 17.0 Å². The van der Waals surface area contributed by atoms with Crippen LogP contribution in [-0.2, 0) is 9.59 Å². The molecule has 0 aliphatic carbocycles. The molecule has 0 radical (unpaired) electrons. The van der Waals surface area contributed by atoms with Gasteiger partial charge < -0.3 is 14.9 Å². The van der Waals surface area contributed by atoms with Gasteiger partial charge in [-0.25, -0.2) is 4.39 Å². The molecule has 2 aromatic carbocycles. The van der Waals surface area contributed by atoms with Gasteiger partial charge in [-0.15, -0.1) is 0 Å². The van der Waals surface area contributed by atoms with Crippen LogP contribution in [0.2, 0.25) is 0 Å². The van der Waals surface area contributed by atoms with Gasteiger partial charge in [0.2, 0.25) is 0 Å². The fourth-order valence-electron chi connectivity index (χ4n) is 3.64. The molecule has 0 bridgehead atoms. The first kappa shape index (κ1) is 20.7. The van der Waals surface area contributed by atoms with E-state index in [-0.39, 0.29) is 11.3 Å². The maximum atomic E-state index is 13.5. The molecule has 1 aliphatic heterocycles. The number of halogens is 1. The number of likely N-dealkylation sites (tertiary alicyclic amines) is 1. The van der Waals surface area contributed by atoms with E-state index in [4.69, 9.17) is 0 Å². The van der Waals surface area contributed by atoms with E-state index in [0.29, 0.717) is 24.2 Å². The SMILES string of the molecule is CCN(CC)CCN1C(=O)C(=O)C(=C(O)c2ccccc2)[C@@H]1c1ccc(F)cc1. The number of Topliss-reactive ketones (excluding diaryl/α,β-unsaturated/α-hetero) is 1. The van der Waals surface area contributed by atoms with Crippen LogP contribution in [0, 0.1) is 5.82 Å². The quantitative estimate of drug-likeness (QED) is 0.441. The Balaban J connectivity index is 2.07. The number of hydrogen-bond acceptors (Lipinski definition) is 4. The number of aliphatic hydroxyl groups excluding tert-OH is 1. The smallest absolute Gasteiger partial charge is 0.295 e. The number of benzene rings is 2. The summed E-state index contributed by atoms with van der Waals surface area (Å²) in [6.45, 7) is 6.65. The fraction of sp³-hybridized carbons (Fsp3) is 0.304. The van der Waals surface area contributed by atoms with Crippen LogP contribution in [0.1, 0.15) is 31.0 Å². The second kappa shape index (κ2) is 9.01. The molecule has 1 saturated heterocycles. The van der Waals surface area contributed by atoms with Crippen molar-refractivity contribution in [1.29, 1.82) is 0 Å². The topological polar surface area (TPSA) is 60.9 Å². The molecular formula is C23H25FN2O3. The second-order valence-corrected chi connectivity index (χ2v) is 6.94. The van der Waals surface area contributed by atoms with Gasteiger partial charge in [0.1, 0.15) is 11.6 Å². The van der Waals surface area contributed by atoms with Crippen LogP contribution < -0.4 is 0 Å². The molecule has 0 unspecified atom stereocenters. The number of hydrogen-bond donors (Lipinski definition) is 1. The van der Waals surface area contributed by atoms with Crippen LogP contribution in [0.25, 0.3) is 5.76 Å². The number of carbonyl (C=O) groups excluding carboxylic acids is 2. The van der Waals surface area contributed by atoms with Gasteiger partial charge in [0.15, 0.2) is 0 Å². The maximum Gasteiger partial charge on any atom is 0.295 e. The number of nitrogens with zero attached hydrogens (tertiary/aromatic N) is 2. The normalized spacial score (nSPS) is 18.6. The molecule has 2 aromatic rings. The minimum absolute atomic E-state index is 0.0346. The second-order valence-electron chi connectivity index (χ2n) is 6.94. The summed E-state index contributed by atoms with van der Waals surface area (Å²) in [5.41, 5.74) is 1.08. The maximum absolute atomic E-state index is 13.5. The highest BCUT2D eigenvalue weighted by Crippen LogP contribution is 2.39. The van der Waals surface area contributed by atoms with E-state index in [2.05, 4.69) is 4.90 Å². The summed E-state index contributed by atoms with van der Waals surface area (Å²) < 4.78 is 13.5. The zero-order valence-corrected chi connectivity index (χ0v) is 16.6. The van der Waals surface area contributed by atoms with Crippen molar-refractivity contribution in [2.45, 2.75) is 19.9 Å². The van der Waals surface area contributed by atoms with E-state index in [1.807, 2.05) is 13.8 Å². The Morgan fingerprint density at radius 2 is 1.66 bits per heavy atom. The molecule has 1 N–H and O–H groups in total. The van der Waals surface area contributed by atoms with Gasteiger partial charge in [0.05, 0.1) is 11.6 Å².